The van der Waals surface area contributed by atoms with Crippen molar-refractivity contribution < 1.29 is 14.3 Å². The molecule has 0 aromatic heterocycles. The Morgan fingerprint density at radius 2 is 1.75 bits per heavy atom. The Labute approximate surface area is 174 Å². The van der Waals surface area contributed by atoms with Crippen LogP contribution < -0.4 is 9.47 Å². The molecule has 1 fully saturated rings. The minimum atomic E-state index is 0.00815. The molecule has 0 unspecified atom stereocenters. The molecule has 2 aromatic carbocycles. The van der Waals surface area contributed by atoms with Gasteiger partial charge in [-0.3, -0.25) is 9.69 Å². The first-order valence-corrected chi connectivity index (χ1v) is 9.87. The lowest BCUT2D eigenvalue weighted by molar-refractivity contribution is -0.127. The second kappa shape index (κ2) is 8.43. The lowest BCUT2D eigenvalue weighted by Gasteiger charge is -2.34. The van der Waals surface area contributed by atoms with Gasteiger partial charge in [0.25, 0.3) is 0 Å². The maximum absolute atomic E-state index is 12.4. The number of amides is 1. The summed E-state index contributed by atoms with van der Waals surface area (Å²) in [7, 11) is 0. The van der Waals surface area contributed by atoms with Gasteiger partial charge >= 0.3 is 0 Å². The van der Waals surface area contributed by atoms with E-state index < -0.39 is 0 Å². The molecule has 7 heteroatoms. The van der Waals surface area contributed by atoms with Gasteiger partial charge in [0.05, 0.1) is 10.0 Å². The van der Waals surface area contributed by atoms with Crippen LogP contribution in [0.4, 0.5) is 0 Å². The van der Waals surface area contributed by atoms with E-state index >= 15 is 0 Å². The SMILES string of the molecule is O=C(C=Cc1ccc(Cl)c(Cl)c1)N1CCN(Cc2ccc3c(c2)OCO3)CC1. The molecule has 1 saturated heterocycles. The summed E-state index contributed by atoms with van der Waals surface area (Å²) in [5, 5.41) is 0.983. The van der Waals surface area contributed by atoms with Gasteiger partial charge in [0.1, 0.15) is 0 Å². The van der Waals surface area contributed by atoms with E-state index in [2.05, 4.69) is 11.0 Å². The standard InChI is InChI=1S/C21H20Cl2N2O3/c22-17-4-1-15(11-18(17)23)3-6-21(26)25-9-7-24(8-10-25)13-16-2-5-19-20(12-16)28-14-27-19/h1-6,11-12H,7-10,13-14H2. The largest absolute Gasteiger partial charge is 0.454 e. The summed E-state index contributed by atoms with van der Waals surface area (Å²) in [6.45, 7) is 4.19. The highest BCUT2D eigenvalue weighted by Crippen LogP contribution is 2.32. The zero-order chi connectivity index (χ0) is 19.5. The number of piperazine rings is 1. The first-order valence-electron chi connectivity index (χ1n) is 9.11. The Bertz CT molecular complexity index is 909. The molecule has 0 atom stereocenters. The Morgan fingerprint density at radius 1 is 0.964 bits per heavy atom. The Morgan fingerprint density at radius 3 is 2.54 bits per heavy atom. The van der Waals surface area contributed by atoms with E-state index in [0.29, 0.717) is 23.1 Å². The molecular weight excluding hydrogens is 399 g/mol. The predicted molar refractivity (Wildman–Crippen MR) is 110 cm³/mol. The van der Waals surface area contributed by atoms with Crippen molar-refractivity contribution in [2.45, 2.75) is 6.54 Å². The average molecular weight is 419 g/mol. The molecule has 0 N–H and O–H groups in total. The van der Waals surface area contributed by atoms with Gasteiger partial charge in [-0.05, 0) is 41.5 Å². The van der Waals surface area contributed by atoms with Crippen LogP contribution in [0, 0.1) is 0 Å². The quantitative estimate of drug-likeness (QED) is 0.701. The number of benzene rings is 2. The number of carbonyl (C=O) groups is 1. The van der Waals surface area contributed by atoms with Crippen LogP contribution in [0.2, 0.25) is 10.0 Å². The lowest BCUT2D eigenvalue weighted by atomic mass is 10.1. The van der Waals surface area contributed by atoms with Gasteiger partial charge in [-0.25, -0.2) is 0 Å². The number of halogens is 2. The van der Waals surface area contributed by atoms with E-state index in [9.17, 15) is 4.79 Å². The van der Waals surface area contributed by atoms with Crippen molar-refractivity contribution in [2.75, 3.05) is 33.0 Å². The minimum Gasteiger partial charge on any atom is -0.454 e. The second-order valence-electron chi connectivity index (χ2n) is 6.80. The number of fused-ring (bicyclic) bond motifs is 1. The van der Waals surface area contributed by atoms with Crippen molar-refractivity contribution in [3.8, 4) is 11.5 Å². The number of ether oxygens (including phenoxy) is 2. The summed E-state index contributed by atoms with van der Waals surface area (Å²) >= 11 is 11.9. The summed E-state index contributed by atoms with van der Waals surface area (Å²) in [6, 6.07) is 11.3. The van der Waals surface area contributed by atoms with Crippen molar-refractivity contribution in [1.82, 2.24) is 9.80 Å². The zero-order valence-corrected chi connectivity index (χ0v) is 16.7. The van der Waals surface area contributed by atoms with Crippen molar-refractivity contribution in [3.05, 3.63) is 63.6 Å². The van der Waals surface area contributed by atoms with Crippen LogP contribution in [0.1, 0.15) is 11.1 Å². The fraction of sp³-hybridized carbons (Fsp3) is 0.286. The van der Waals surface area contributed by atoms with Gasteiger partial charge in [0.15, 0.2) is 11.5 Å². The van der Waals surface area contributed by atoms with Crippen LogP contribution in [0.25, 0.3) is 6.08 Å². The Kier molecular flexibility index (Phi) is 5.76. The maximum atomic E-state index is 12.4. The molecule has 4 rings (SSSR count). The fourth-order valence-corrected chi connectivity index (χ4v) is 3.62. The van der Waals surface area contributed by atoms with Crippen LogP contribution in [0.3, 0.4) is 0 Å². The molecule has 2 aliphatic rings. The van der Waals surface area contributed by atoms with Gasteiger partial charge in [-0.1, -0.05) is 35.3 Å². The molecule has 28 heavy (non-hydrogen) atoms. The smallest absolute Gasteiger partial charge is 0.246 e. The van der Waals surface area contributed by atoms with E-state index in [1.165, 1.54) is 5.56 Å². The third-order valence-electron chi connectivity index (χ3n) is 4.89. The van der Waals surface area contributed by atoms with Crippen molar-refractivity contribution in [2.24, 2.45) is 0 Å². The Balaban J connectivity index is 1.29. The van der Waals surface area contributed by atoms with Gasteiger partial charge in [0.2, 0.25) is 12.7 Å². The molecule has 2 heterocycles. The van der Waals surface area contributed by atoms with Gasteiger partial charge in [-0.15, -0.1) is 0 Å². The van der Waals surface area contributed by atoms with E-state index in [0.717, 1.165) is 36.7 Å². The van der Waals surface area contributed by atoms with Crippen molar-refractivity contribution in [3.63, 3.8) is 0 Å². The minimum absolute atomic E-state index is 0.00815. The lowest BCUT2D eigenvalue weighted by Crippen LogP contribution is -2.47. The number of nitrogens with zero attached hydrogens (tertiary/aromatic N) is 2. The van der Waals surface area contributed by atoms with Crippen molar-refractivity contribution >= 4 is 35.2 Å². The topological polar surface area (TPSA) is 42.0 Å². The molecule has 0 saturated carbocycles. The summed E-state index contributed by atoms with van der Waals surface area (Å²) in [6.07, 6.45) is 3.36. The molecule has 0 aliphatic carbocycles. The zero-order valence-electron chi connectivity index (χ0n) is 15.2. The maximum Gasteiger partial charge on any atom is 0.246 e. The highest BCUT2D eigenvalue weighted by atomic mass is 35.5. The molecule has 0 radical (unpaired) electrons. The van der Waals surface area contributed by atoms with Gasteiger partial charge in [-0.2, -0.15) is 0 Å². The number of hydrogen-bond acceptors (Lipinski definition) is 4. The molecule has 2 aliphatic heterocycles. The summed E-state index contributed by atoms with van der Waals surface area (Å²) < 4.78 is 10.8. The fourth-order valence-electron chi connectivity index (χ4n) is 3.31. The van der Waals surface area contributed by atoms with E-state index in [1.807, 2.05) is 23.1 Å². The third kappa shape index (κ3) is 4.43. The van der Waals surface area contributed by atoms with Crippen LogP contribution in [-0.4, -0.2) is 48.7 Å². The monoisotopic (exact) mass is 418 g/mol. The van der Waals surface area contributed by atoms with Gasteiger partial charge < -0.3 is 14.4 Å². The van der Waals surface area contributed by atoms with Crippen LogP contribution >= 0.6 is 23.2 Å². The number of carbonyl (C=O) groups excluding carboxylic acids is 1. The highest BCUT2D eigenvalue weighted by Gasteiger charge is 2.20. The Hall–Kier alpha value is -2.21. The molecule has 5 nitrogen and oxygen atoms in total. The molecule has 2 aromatic rings. The third-order valence-corrected chi connectivity index (χ3v) is 5.63. The van der Waals surface area contributed by atoms with E-state index in [4.69, 9.17) is 32.7 Å². The summed E-state index contributed by atoms with van der Waals surface area (Å²) in [5.74, 6) is 1.61. The summed E-state index contributed by atoms with van der Waals surface area (Å²) in [5.41, 5.74) is 2.03. The molecular formula is C21H20Cl2N2O3. The highest BCUT2D eigenvalue weighted by molar-refractivity contribution is 6.42. The number of rotatable bonds is 4. The average Bonchev–Trinajstić information content (AvgIpc) is 3.17. The molecule has 1 amide bonds. The van der Waals surface area contributed by atoms with E-state index in [-0.39, 0.29) is 12.7 Å². The molecule has 0 spiro atoms. The molecule has 146 valence electrons. The van der Waals surface area contributed by atoms with Crippen molar-refractivity contribution in [1.29, 1.82) is 0 Å². The van der Waals surface area contributed by atoms with Crippen LogP contribution in [0.5, 0.6) is 11.5 Å². The first kappa shape index (κ1) is 19.1. The number of hydrogen-bond donors (Lipinski definition) is 0. The van der Waals surface area contributed by atoms with Crippen LogP contribution in [0.15, 0.2) is 42.5 Å². The van der Waals surface area contributed by atoms with Gasteiger partial charge in [0, 0.05) is 38.8 Å². The summed E-state index contributed by atoms with van der Waals surface area (Å²) in [4.78, 5) is 16.6. The normalized spacial score (nSPS) is 16.7. The first-order chi connectivity index (χ1) is 13.6. The predicted octanol–water partition coefficient (Wildman–Crippen LogP) is 4.08. The van der Waals surface area contributed by atoms with Crippen LogP contribution in [-0.2, 0) is 11.3 Å². The van der Waals surface area contributed by atoms with E-state index in [1.54, 1.807) is 24.3 Å². The second-order valence-corrected chi connectivity index (χ2v) is 7.61. The molecule has 0 bridgehead atoms.